The van der Waals surface area contributed by atoms with Crippen molar-refractivity contribution in [3.63, 3.8) is 0 Å². The van der Waals surface area contributed by atoms with Crippen molar-refractivity contribution in [1.29, 1.82) is 0 Å². The van der Waals surface area contributed by atoms with Crippen molar-refractivity contribution < 1.29 is 4.79 Å². The SMILES string of the molecule is O=C(Cn1nnc2ccccc2c1=O)NCC1CNC1. The highest BCUT2D eigenvalue weighted by Crippen LogP contribution is 2.03. The summed E-state index contributed by atoms with van der Waals surface area (Å²) >= 11 is 0. The Kier molecular flexibility index (Phi) is 3.42. The molecule has 1 amide bonds. The van der Waals surface area contributed by atoms with Gasteiger partial charge in [-0.3, -0.25) is 9.59 Å². The average Bonchev–Trinajstić information content (AvgIpc) is 2.40. The van der Waals surface area contributed by atoms with E-state index in [1.165, 1.54) is 0 Å². The van der Waals surface area contributed by atoms with E-state index in [2.05, 4.69) is 20.9 Å². The number of rotatable bonds is 4. The number of hydrogen-bond acceptors (Lipinski definition) is 5. The molecule has 0 saturated carbocycles. The Hall–Kier alpha value is -2.28. The quantitative estimate of drug-likeness (QED) is 0.755. The Morgan fingerprint density at radius 3 is 2.95 bits per heavy atom. The molecule has 3 rings (SSSR count). The van der Waals surface area contributed by atoms with E-state index in [-0.39, 0.29) is 18.0 Å². The number of aromatic nitrogens is 3. The molecular weight excluding hydrogens is 258 g/mol. The fourth-order valence-electron chi connectivity index (χ4n) is 2.07. The van der Waals surface area contributed by atoms with Crippen molar-refractivity contribution in [3.05, 3.63) is 34.6 Å². The van der Waals surface area contributed by atoms with Gasteiger partial charge in [-0.1, -0.05) is 17.3 Å². The van der Waals surface area contributed by atoms with E-state index in [0.717, 1.165) is 17.8 Å². The van der Waals surface area contributed by atoms with E-state index >= 15 is 0 Å². The topological polar surface area (TPSA) is 88.9 Å². The molecule has 1 aliphatic rings. The van der Waals surface area contributed by atoms with Gasteiger partial charge in [-0.25, -0.2) is 4.68 Å². The standard InChI is InChI=1S/C13H15N5O2/c19-12(15-7-9-5-14-6-9)8-18-13(20)10-3-1-2-4-11(10)16-17-18/h1-4,9,14H,5-8H2,(H,15,19). The Labute approximate surface area is 115 Å². The second kappa shape index (κ2) is 5.38. The second-order valence-electron chi connectivity index (χ2n) is 4.90. The number of benzene rings is 1. The number of carbonyl (C=O) groups excluding carboxylic acids is 1. The molecule has 1 fully saturated rings. The molecule has 2 heterocycles. The molecule has 0 radical (unpaired) electrons. The van der Waals surface area contributed by atoms with Gasteiger partial charge in [0, 0.05) is 25.6 Å². The summed E-state index contributed by atoms with van der Waals surface area (Å²) in [5.74, 6) is 0.266. The summed E-state index contributed by atoms with van der Waals surface area (Å²) in [6, 6.07) is 6.96. The van der Waals surface area contributed by atoms with Gasteiger partial charge in [-0.2, -0.15) is 0 Å². The summed E-state index contributed by atoms with van der Waals surface area (Å²) in [6.07, 6.45) is 0. The van der Waals surface area contributed by atoms with Gasteiger partial charge >= 0.3 is 0 Å². The van der Waals surface area contributed by atoms with Gasteiger partial charge < -0.3 is 10.6 Å². The van der Waals surface area contributed by atoms with Gasteiger partial charge in [0.2, 0.25) is 5.91 Å². The van der Waals surface area contributed by atoms with Crippen molar-refractivity contribution in [2.24, 2.45) is 5.92 Å². The van der Waals surface area contributed by atoms with Crippen LogP contribution in [0.25, 0.3) is 10.9 Å². The maximum absolute atomic E-state index is 12.1. The zero-order valence-electron chi connectivity index (χ0n) is 10.9. The minimum absolute atomic E-state index is 0.100. The van der Waals surface area contributed by atoms with Crippen molar-refractivity contribution >= 4 is 16.8 Å². The van der Waals surface area contributed by atoms with Gasteiger partial charge in [0.15, 0.2) is 0 Å². The summed E-state index contributed by atoms with van der Waals surface area (Å²) in [4.78, 5) is 23.9. The first-order valence-corrected chi connectivity index (χ1v) is 6.54. The van der Waals surface area contributed by atoms with Crippen LogP contribution in [0.3, 0.4) is 0 Å². The number of fused-ring (bicyclic) bond motifs is 1. The van der Waals surface area contributed by atoms with Crippen molar-refractivity contribution in [3.8, 4) is 0 Å². The third kappa shape index (κ3) is 2.53. The molecule has 2 aromatic rings. The minimum atomic E-state index is -0.295. The monoisotopic (exact) mass is 273 g/mol. The molecule has 0 atom stereocenters. The van der Waals surface area contributed by atoms with Crippen LogP contribution in [0.15, 0.2) is 29.1 Å². The Balaban J connectivity index is 1.71. The number of nitrogens with zero attached hydrogens (tertiary/aromatic N) is 3. The molecule has 1 aromatic heterocycles. The highest BCUT2D eigenvalue weighted by Gasteiger charge is 2.17. The maximum atomic E-state index is 12.1. The third-order valence-corrected chi connectivity index (χ3v) is 3.38. The molecular formula is C13H15N5O2. The highest BCUT2D eigenvalue weighted by molar-refractivity contribution is 5.78. The first-order chi connectivity index (χ1) is 9.74. The first-order valence-electron chi connectivity index (χ1n) is 6.54. The Morgan fingerprint density at radius 1 is 1.40 bits per heavy atom. The number of carbonyl (C=O) groups is 1. The summed E-state index contributed by atoms with van der Waals surface area (Å²) in [6.45, 7) is 2.38. The normalized spacial score (nSPS) is 15.0. The second-order valence-corrected chi connectivity index (χ2v) is 4.90. The van der Waals surface area contributed by atoms with Crippen LogP contribution in [-0.2, 0) is 11.3 Å². The lowest BCUT2D eigenvalue weighted by Gasteiger charge is -2.27. The molecule has 104 valence electrons. The van der Waals surface area contributed by atoms with E-state index in [9.17, 15) is 9.59 Å². The van der Waals surface area contributed by atoms with Crippen LogP contribution >= 0.6 is 0 Å². The van der Waals surface area contributed by atoms with Crippen LogP contribution in [0.4, 0.5) is 0 Å². The largest absolute Gasteiger partial charge is 0.354 e. The maximum Gasteiger partial charge on any atom is 0.278 e. The Bertz CT molecular complexity index is 692. The first kappa shape index (κ1) is 12.7. The summed E-state index contributed by atoms with van der Waals surface area (Å²) < 4.78 is 1.09. The number of amides is 1. The predicted molar refractivity (Wildman–Crippen MR) is 73.2 cm³/mol. The molecule has 0 spiro atoms. The molecule has 0 bridgehead atoms. The van der Waals surface area contributed by atoms with Gasteiger partial charge in [0.05, 0.1) is 5.39 Å². The van der Waals surface area contributed by atoms with Crippen molar-refractivity contribution in [2.75, 3.05) is 19.6 Å². The van der Waals surface area contributed by atoms with Crippen molar-refractivity contribution in [2.45, 2.75) is 6.54 Å². The molecule has 1 aliphatic heterocycles. The van der Waals surface area contributed by atoms with Crippen LogP contribution in [0.1, 0.15) is 0 Å². The van der Waals surface area contributed by atoms with Gasteiger partial charge in [0.25, 0.3) is 5.56 Å². The predicted octanol–water partition coefficient (Wildman–Crippen LogP) is -0.873. The zero-order chi connectivity index (χ0) is 13.9. The van der Waals surface area contributed by atoms with Crippen LogP contribution in [0.5, 0.6) is 0 Å². The van der Waals surface area contributed by atoms with E-state index in [0.29, 0.717) is 23.4 Å². The van der Waals surface area contributed by atoms with Gasteiger partial charge in [0.1, 0.15) is 12.1 Å². The van der Waals surface area contributed by atoms with Crippen LogP contribution in [0.2, 0.25) is 0 Å². The smallest absolute Gasteiger partial charge is 0.278 e. The third-order valence-electron chi connectivity index (χ3n) is 3.38. The molecule has 1 saturated heterocycles. The summed E-state index contributed by atoms with van der Waals surface area (Å²) in [7, 11) is 0. The molecule has 0 unspecified atom stereocenters. The molecule has 0 aliphatic carbocycles. The molecule has 1 aromatic carbocycles. The van der Waals surface area contributed by atoms with E-state index in [1.54, 1.807) is 24.3 Å². The highest BCUT2D eigenvalue weighted by atomic mass is 16.2. The van der Waals surface area contributed by atoms with Crippen molar-refractivity contribution in [1.82, 2.24) is 25.6 Å². The molecule has 20 heavy (non-hydrogen) atoms. The van der Waals surface area contributed by atoms with Crippen LogP contribution in [-0.4, -0.2) is 40.5 Å². The summed E-state index contributed by atoms with van der Waals surface area (Å²) in [5.41, 5.74) is 0.241. The fraction of sp³-hybridized carbons (Fsp3) is 0.385. The molecule has 2 N–H and O–H groups in total. The summed E-state index contributed by atoms with van der Waals surface area (Å²) in [5, 5.41) is 14.1. The van der Waals surface area contributed by atoms with Crippen LogP contribution < -0.4 is 16.2 Å². The van der Waals surface area contributed by atoms with E-state index in [1.807, 2.05) is 0 Å². The zero-order valence-corrected chi connectivity index (χ0v) is 10.9. The molecule has 7 heteroatoms. The van der Waals surface area contributed by atoms with Gasteiger partial charge in [-0.15, -0.1) is 5.10 Å². The van der Waals surface area contributed by atoms with Gasteiger partial charge in [-0.05, 0) is 12.1 Å². The lowest BCUT2D eigenvalue weighted by Crippen LogP contribution is -2.48. The average molecular weight is 273 g/mol. The Morgan fingerprint density at radius 2 is 2.20 bits per heavy atom. The lowest BCUT2D eigenvalue weighted by molar-refractivity contribution is -0.122. The van der Waals surface area contributed by atoms with E-state index < -0.39 is 0 Å². The van der Waals surface area contributed by atoms with E-state index in [4.69, 9.17) is 0 Å². The number of nitrogens with one attached hydrogen (secondary N) is 2. The lowest BCUT2D eigenvalue weighted by atomic mass is 10.0. The number of hydrogen-bond donors (Lipinski definition) is 2. The minimum Gasteiger partial charge on any atom is -0.354 e. The molecule has 7 nitrogen and oxygen atoms in total. The van der Waals surface area contributed by atoms with Crippen LogP contribution in [0, 0.1) is 5.92 Å². The fourth-order valence-corrected chi connectivity index (χ4v) is 2.07.